The van der Waals surface area contributed by atoms with E-state index in [1.165, 1.54) is 11.1 Å². The Labute approximate surface area is 150 Å². The van der Waals surface area contributed by atoms with Gasteiger partial charge in [-0.2, -0.15) is 0 Å². The lowest BCUT2D eigenvalue weighted by Gasteiger charge is -2.17. The van der Waals surface area contributed by atoms with Crippen LogP contribution in [0.4, 0.5) is 0 Å². The number of nitrogens with one attached hydrogen (secondary N) is 2. The normalized spacial score (nSPS) is 12.6. The van der Waals surface area contributed by atoms with Crippen molar-refractivity contribution < 1.29 is 4.74 Å². The van der Waals surface area contributed by atoms with Gasteiger partial charge in [-0.1, -0.05) is 42.8 Å². The van der Waals surface area contributed by atoms with Crippen LogP contribution in [0.3, 0.4) is 0 Å². The number of rotatable bonds is 7. The summed E-state index contributed by atoms with van der Waals surface area (Å²) in [6.45, 7) is 8.55. The number of guanidine groups is 1. The topological polar surface area (TPSA) is 58.5 Å². The summed E-state index contributed by atoms with van der Waals surface area (Å²) < 4.78 is 5.28. The summed E-state index contributed by atoms with van der Waals surface area (Å²) in [4.78, 5) is 8.86. The molecule has 1 atom stereocenters. The van der Waals surface area contributed by atoms with Crippen LogP contribution < -0.4 is 15.4 Å². The maximum absolute atomic E-state index is 5.28. The maximum Gasteiger partial charge on any atom is 0.218 e. The minimum absolute atomic E-state index is 0.400. The van der Waals surface area contributed by atoms with Crippen molar-refractivity contribution in [2.75, 3.05) is 20.2 Å². The van der Waals surface area contributed by atoms with Gasteiger partial charge in [0.1, 0.15) is 0 Å². The molecule has 1 aromatic carbocycles. The number of aliphatic imine (C=N–C) groups is 1. The molecule has 0 saturated heterocycles. The molecule has 1 unspecified atom stereocenters. The molecular weight excluding hydrogens is 312 g/mol. The first-order chi connectivity index (χ1) is 12.1. The molecule has 2 aromatic rings. The minimum atomic E-state index is 0.400. The van der Waals surface area contributed by atoms with Crippen LogP contribution in [0.5, 0.6) is 5.88 Å². The zero-order chi connectivity index (χ0) is 18.1. The van der Waals surface area contributed by atoms with Gasteiger partial charge in [0.25, 0.3) is 0 Å². The highest BCUT2D eigenvalue weighted by Crippen LogP contribution is 2.16. The largest absolute Gasteiger partial charge is 0.481 e. The van der Waals surface area contributed by atoms with Gasteiger partial charge in [-0.25, -0.2) is 9.98 Å². The summed E-state index contributed by atoms with van der Waals surface area (Å²) in [5.74, 6) is 1.82. The first-order valence-corrected chi connectivity index (χ1v) is 8.70. The first kappa shape index (κ1) is 18.8. The van der Waals surface area contributed by atoms with E-state index in [0.29, 0.717) is 18.3 Å². The molecule has 0 aliphatic heterocycles. The lowest BCUT2D eigenvalue weighted by atomic mass is 9.99. The van der Waals surface area contributed by atoms with Crippen LogP contribution in [0.1, 0.15) is 36.5 Å². The Morgan fingerprint density at radius 1 is 1.24 bits per heavy atom. The molecule has 5 nitrogen and oxygen atoms in total. The number of nitrogens with zero attached hydrogens (tertiary/aromatic N) is 2. The van der Waals surface area contributed by atoms with Crippen molar-refractivity contribution in [2.24, 2.45) is 4.99 Å². The Balaban J connectivity index is 2.00. The Morgan fingerprint density at radius 3 is 2.80 bits per heavy atom. The van der Waals surface area contributed by atoms with Gasteiger partial charge in [0.05, 0.1) is 13.7 Å². The van der Waals surface area contributed by atoms with E-state index < -0.39 is 0 Å². The summed E-state index contributed by atoms with van der Waals surface area (Å²) in [6, 6.07) is 12.5. The molecule has 134 valence electrons. The number of aromatic nitrogens is 1. The van der Waals surface area contributed by atoms with E-state index in [1.54, 1.807) is 13.3 Å². The third kappa shape index (κ3) is 5.78. The zero-order valence-electron chi connectivity index (χ0n) is 15.5. The fourth-order valence-corrected chi connectivity index (χ4v) is 2.58. The van der Waals surface area contributed by atoms with Crippen molar-refractivity contribution in [2.45, 2.75) is 33.2 Å². The number of ether oxygens (including phenoxy) is 1. The summed E-state index contributed by atoms with van der Waals surface area (Å²) >= 11 is 0. The number of pyridine rings is 1. The molecule has 1 aromatic heterocycles. The van der Waals surface area contributed by atoms with Gasteiger partial charge in [0.15, 0.2) is 5.96 Å². The second-order valence-corrected chi connectivity index (χ2v) is 6.06. The van der Waals surface area contributed by atoms with E-state index in [9.17, 15) is 0 Å². The summed E-state index contributed by atoms with van der Waals surface area (Å²) in [6.07, 6.45) is 1.72. The molecular formula is C20H28N4O. The summed E-state index contributed by atoms with van der Waals surface area (Å²) in [7, 11) is 1.63. The van der Waals surface area contributed by atoms with Gasteiger partial charge < -0.3 is 15.4 Å². The molecule has 1 heterocycles. The smallest absolute Gasteiger partial charge is 0.218 e. The van der Waals surface area contributed by atoms with Gasteiger partial charge in [0.2, 0.25) is 5.88 Å². The zero-order valence-corrected chi connectivity index (χ0v) is 15.5. The highest BCUT2D eigenvalue weighted by atomic mass is 16.5. The number of methoxy groups -OCH3 is 1. The molecule has 0 spiro atoms. The number of hydrogen-bond acceptors (Lipinski definition) is 3. The van der Waals surface area contributed by atoms with Crippen molar-refractivity contribution in [3.05, 3.63) is 59.3 Å². The molecule has 5 heteroatoms. The van der Waals surface area contributed by atoms with Gasteiger partial charge in [-0.05, 0) is 31.4 Å². The third-order valence-corrected chi connectivity index (χ3v) is 3.98. The van der Waals surface area contributed by atoms with E-state index in [2.05, 4.69) is 65.6 Å². The molecule has 0 saturated carbocycles. The molecule has 25 heavy (non-hydrogen) atoms. The third-order valence-electron chi connectivity index (χ3n) is 3.98. The van der Waals surface area contributed by atoms with Gasteiger partial charge in [-0.15, -0.1) is 0 Å². The summed E-state index contributed by atoms with van der Waals surface area (Å²) in [5, 5.41) is 6.71. The maximum atomic E-state index is 5.28. The fraction of sp³-hybridized carbons (Fsp3) is 0.400. The van der Waals surface area contributed by atoms with Gasteiger partial charge in [-0.3, -0.25) is 0 Å². The second kappa shape index (κ2) is 9.67. The number of hydrogen-bond donors (Lipinski definition) is 2. The van der Waals surface area contributed by atoms with Crippen LogP contribution >= 0.6 is 0 Å². The molecule has 0 fully saturated rings. The lowest BCUT2D eigenvalue weighted by Crippen LogP contribution is -2.39. The van der Waals surface area contributed by atoms with Crippen molar-refractivity contribution in [3.8, 4) is 5.88 Å². The number of aryl methyl sites for hydroxylation is 1. The van der Waals surface area contributed by atoms with Crippen LogP contribution in [-0.4, -0.2) is 31.1 Å². The van der Waals surface area contributed by atoms with Crippen molar-refractivity contribution >= 4 is 5.96 Å². The lowest BCUT2D eigenvalue weighted by molar-refractivity contribution is 0.392. The van der Waals surface area contributed by atoms with E-state index in [0.717, 1.165) is 24.6 Å². The molecule has 0 bridgehead atoms. The molecule has 0 aliphatic rings. The molecule has 0 aliphatic carbocycles. The predicted molar refractivity (Wildman–Crippen MR) is 103 cm³/mol. The quantitative estimate of drug-likeness (QED) is 0.600. The van der Waals surface area contributed by atoms with Crippen LogP contribution in [0.25, 0.3) is 0 Å². The first-order valence-electron chi connectivity index (χ1n) is 8.70. The Kier molecular flexibility index (Phi) is 7.26. The Morgan fingerprint density at radius 2 is 2.08 bits per heavy atom. The van der Waals surface area contributed by atoms with Crippen molar-refractivity contribution in [1.82, 2.24) is 15.6 Å². The second-order valence-electron chi connectivity index (χ2n) is 6.06. The highest BCUT2D eigenvalue weighted by Gasteiger charge is 2.08. The van der Waals surface area contributed by atoms with Crippen LogP contribution in [0.15, 0.2) is 47.6 Å². The Bertz CT molecular complexity index is 700. The van der Waals surface area contributed by atoms with Crippen LogP contribution in [-0.2, 0) is 6.54 Å². The van der Waals surface area contributed by atoms with Gasteiger partial charge in [0, 0.05) is 24.8 Å². The van der Waals surface area contributed by atoms with Gasteiger partial charge >= 0.3 is 0 Å². The van der Waals surface area contributed by atoms with Crippen LogP contribution in [0, 0.1) is 6.92 Å². The average Bonchev–Trinajstić information content (AvgIpc) is 2.64. The standard InChI is InChI=1S/C20H28N4O/c1-5-21-20(24-14-18-10-7-11-22-19(18)25-4)23-13-16(3)17-9-6-8-15(2)12-17/h6-12,16H,5,13-14H2,1-4H3,(H2,21,23,24). The highest BCUT2D eigenvalue weighted by molar-refractivity contribution is 5.79. The molecule has 2 N–H and O–H groups in total. The molecule has 0 amide bonds. The average molecular weight is 340 g/mol. The van der Waals surface area contributed by atoms with Crippen molar-refractivity contribution in [1.29, 1.82) is 0 Å². The fourth-order valence-electron chi connectivity index (χ4n) is 2.58. The van der Waals surface area contributed by atoms with E-state index >= 15 is 0 Å². The predicted octanol–water partition coefficient (Wildman–Crippen LogP) is 3.26. The van der Waals surface area contributed by atoms with Crippen molar-refractivity contribution in [3.63, 3.8) is 0 Å². The number of benzene rings is 1. The Hall–Kier alpha value is -2.56. The summed E-state index contributed by atoms with van der Waals surface area (Å²) in [5.41, 5.74) is 3.58. The SMILES string of the molecule is CCNC(=NCc1cccnc1OC)NCC(C)c1cccc(C)c1. The molecule has 2 rings (SSSR count). The van der Waals surface area contributed by atoms with E-state index in [1.807, 2.05) is 12.1 Å². The van der Waals surface area contributed by atoms with Crippen LogP contribution in [0.2, 0.25) is 0 Å². The molecule has 0 radical (unpaired) electrons. The van der Waals surface area contributed by atoms with E-state index in [4.69, 9.17) is 4.74 Å². The monoisotopic (exact) mass is 340 g/mol. The van der Waals surface area contributed by atoms with E-state index in [-0.39, 0.29) is 0 Å². The minimum Gasteiger partial charge on any atom is -0.481 e.